The van der Waals surface area contributed by atoms with Crippen molar-refractivity contribution in [3.63, 3.8) is 0 Å². The molecule has 3 aromatic rings. The van der Waals surface area contributed by atoms with E-state index in [1.54, 1.807) is 58.4 Å². The molecular formula is C59H76N6O17. The average Bonchev–Trinajstić information content (AvgIpc) is 3.97. The van der Waals surface area contributed by atoms with Crippen LogP contribution in [0.4, 0.5) is 5.69 Å². The summed E-state index contributed by atoms with van der Waals surface area (Å²) in [4.78, 5) is 131. The number of carbonyl (C=O) groups is 10. The van der Waals surface area contributed by atoms with Crippen LogP contribution in [0, 0.1) is 5.41 Å². The summed E-state index contributed by atoms with van der Waals surface area (Å²) in [5.74, 6) is -4.45. The van der Waals surface area contributed by atoms with Crippen molar-refractivity contribution < 1.29 is 81.1 Å². The molecule has 0 bridgehead atoms. The maximum atomic E-state index is 14.1. The normalized spacial score (nSPS) is 16.4. The second-order valence-electron chi connectivity index (χ2n) is 20.6. The van der Waals surface area contributed by atoms with E-state index < -0.39 is 77.4 Å². The van der Waals surface area contributed by atoms with Gasteiger partial charge in [0.25, 0.3) is 23.6 Å². The minimum Gasteiger partial charge on any atom is -0.493 e. The molecule has 2 saturated heterocycles. The third kappa shape index (κ3) is 17.9. The first-order valence-corrected chi connectivity index (χ1v) is 27.9. The van der Waals surface area contributed by atoms with Crippen molar-refractivity contribution in [3.05, 3.63) is 82.9 Å². The molecule has 0 aromatic heterocycles. The van der Waals surface area contributed by atoms with E-state index in [0.717, 1.165) is 10.5 Å². The number of likely N-dealkylation sites (tertiary alicyclic amines) is 1. The maximum absolute atomic E-state index is 14.1. The number of Topliss-reactive ketones (excluding diaryl/α,β-unsaturated/α-hetero) is 1. The number of ketones is 1. The number of methoxy groups -OCH3 is 2. The van der Waals surface area contributed by atoms with Gasteiger partial charge in [0.1, 0.15) is 23.9 Å². The molecule has 3 heterocycles. The summed E-state index contributed by atoms with van der Waals surface area (Å²) in [7, 11) is 3.09. The number of fused-ring (bicyclic) bond motifs is 1. The Balaban J connectivity index is 0.824. The zero-order valence-electron chi connectivity index (χ0n) is 47.4. The molecule has 0 saturated carbocycles. The Hall–Kier alpha value is -7.76. The van der Waals surface area contributed by atoms with Crippen LogP contribution in [-0.2, 0) is 63.7 Å². The van der Waals surface area contributed by atoms with Crippen molar-refractivity contribution in [3.8, 4) is 17.2 Å². The highest BCUT2D eigenvalue weighted by atomic mass is 16.6. The van der Waals surface area contributed by atoms with E-state index in [2.05, 4.69) is 21.3 Å². The zero-order valence-corrected chi connectivity index (χ0v) is 47.4. The van der Waals surface area contributed by atoms with Crippen LogP contribution in [0.5, 0.6) is 17.2 Å². The lowest BCUT2D eigenvalue weighted by Crippen LogP contribution is -2.54. The number of anilines is 1. The second-order valence-corrected chi connectivity index (χ2v) is 20.6. The van der Waals surface area contributed by atoms with Gasteiger partial charge in [0.15, 0.2) is 18.1 Å². The fraction of sp³-hybridized carbons (Fsp3) is 0.525. The fourth-order valence-electron chi connectivity index (χ4n) is 9.35. The first-order valence-electron chi connectivity index (χ1n) is 27.9. The molecule has 3 aliphatic heterocycles. The lowest BCUT2D eigenvalue weighted by Gasteiger charge is -2.36. The summed E-state index contributed by atoms with van der Waals surface area (Å²) in [6.45, 7) is 7.81. The van der Waals surface area contributed by atoms with Crippen molar-refractivity contribution in [1.29, 1.82) is 0 Å². The SMILES string of the molecule is CCC(C)(C)C(=O)C(=O)N1CCCC[C@H]1C(=O)O[C@H](CCc1ccc(OC)c(OC)c1)c1cccc(NC(=O)CCC(=O)NCCCOCCOCCOCCCNC(=O)COc2cccc3c2C(=O)N([C@H]2CCC(=O)NC2=O)C3=O)c1. The predicted molar refractivity (Wildman–Crippen MR) is 296 cm³/mol. The molecule has 3 atom stereocenters. The molecule has 444 valence electrons. The quantitative estimate of drug-likeness (QED) is 0.0281. The standard InChI is InChI=1S/C59H76N6O17/c1-6-59(2,3)53(70)57(74)64-28-8-7-16-43(64)58(75)82-44(21-18-38-19-22-45(76-4)47(35-38)77-5)39-13-9-14-40(36-39)62-49(67)25-24-48(66)60-26-11-29-78-31-33-80-34-32-79-30-12-27-61-51(69)37-81-46-17-10-15-41-52(46)56(73)65(55(41)72)42-20-23-50(68)63-54(42)71/h9-10,13-15,17,19,22,35-36,42-44H,6-8,11-12,16,18,20-21,23-34,37H2,1-5H3,(H,60,66)(H,61,69)(H,62,67)(H,63,68,71)/t42-,43-,44+/m0/s1. The molecule has 23 heteroatoms. The number of nitrogens with zero attached hydrogens (tertiary/aromatic N) is 2. The lowest BCUT2D eigenvalue weighted by molar-refractivity contribution is -0.164. The molecule has 3 aliphatic rings. The van der Waals surface area contributed by atoms with Crippen LogP contribution in [0.2, 0.25) is 0 Å². The lowest BCUT2D eigenvalue weighted by atomic mass is 9.84. The van der Waals surface area contributed by atoms with E-state index in [1.807, 2.05) is 19.1 Å². The van der Waals surface area contributed by atoms with Crippen LogP contribution in [0.3, 0.4) is 0 Å². The van der Waals surface area contributed by atoms with Gasteiger partial charge in [-0.15, -0.1) is 0 Å². The van der Waals surface area contributed by atoms with Crippen molar-refractivity contribution in [2.24, 2.45) is 5.41 Å². The fourth-order valence-corrected chi connectivity index (χ4v) is 9.35. The summed E-state index contributed by atoms with van der Waals surface area (Å²) >= 11 is 0. The Bertz CT molecular complexity index is 2780. The number of nitrogens with one attached hydrogen (secondary N) is 4. The van der Waals surface area contributed by atoms with Gasteiger partial charge in [-0.3, -0.25) is 53.4 Å². The highest BCUT2D eigenvalue weighted by Crippen LogP contribution is 2.35. The van der Waals surface area contributed by atoms with Gasteiger partial charge in [-0.2, -0.15) is 0 Å². The van der Waals surface area contributed by atoms with E-state index in [0.29, 0.717) is 127 Å². The van der Waals surface area contributed by atoms with Crippen LogP contribution in [0.15, 0.2) is 60.7 Å². The number of hydrogen-bond acceptors (Lipinski definition) is 17. The van der Waals surface area contributed by atoms with Gasteiger partial charge in [0.2, 0.25) is 29.4 Å². The Labute approximate surface area is 477 Å². The zero-order chi connectivity index (χ0) is 59.2. The summed E-state index contributed by atoms with van der Waals surface area (Å²) < 4.78 is 39.4. The Morgan fingerprint density at radius 1 is 0.732 bits per heavy atom. The number of piperidine rings is 2. The number of imide groups is 2. The second kappa shape index (κ2) is 31.5. The summed E-state index contributed by atoms with van der Waals surface area (Å²) in [6, 6.07) is 14.8. The predicted octanol–water partition coefficient (Wildman–Crippen LogP) is 4.57. The number of carbonyl (C=O) groups excluding carboxylic acids is 10. The summed E-state index contributed by atoms with van der Waals surface area (Å²) in [5, 5.41) is 10.5. The van der Waals surface area contributed by atoms with Crippen LogP contribution < -0.4 is 35.5 Å². The van der Waals surface area contributed by atoms with Crippen LogP contribution in [0.1, 0.15) is 129 Å². The molecule has 0 spiro atoms. The van der Waals surface area contributed by atoms with Gasteiger partial charge >= 0.3 is 5.97 Å². The van der Waals surface area contributed by atoms with Gasteiger partial charge in [-0.25, -0.2) is 4.79 Å². The van der Waals surface area contributed by atoms with Gasteiger partial charge in [-0.05, 0) is 105 Å². The van der Waals surface area contributed by atoms with E-state index in [-0.39, 0.29) is 60.9 Å². The number of ether oxygens (including phenoxy) is 7. The Kier molecular flexibility index (Phi) is 24.3. The molecule has 0 aliphatic carbocycles. The molecule has 3 aromatic carbocycles. The average molecular weight is 1140 g/mol. The highest BCUT2D eigenvalue weighted by molar-refractivity contribution is 6.38. The number of rotatable bonds is 33. The number of aryl methyl sites for hydroxylation is 1. The van der Waals surface area contributed by atoms with E-state index in [9.17, 15) is 47.9 Å². The van der Waals surface area contributed by atoms with Crippen LogP contribution in [0.25, 0.3) is 0 Å². The molecule has 4 N–H and O–H groups in total. The van der Waals surface area contributed by atoms with Crippen molar-refractivity contribution in [2.75, 3.05) is 85.4 Å². The minimum absolute atomic E-state index is 0.00750. The molecule has 0 radical (unpaired) electrons. The van der Waals surface area contributed by atoms with Crippen molar-refractivity contribution in [1.82, 2.24) is 25.8 Å². The van der Waals surface area contributed by atoms with E-state index in [4.69, 9.17) is 33.2 Å². The van der Waals surface area contributed by atoms with Gasteiger partial charge in [0.05, 0.1) is 51.8 Å². The van der Waals surface area contributed by atoms with E-state index in [1.165, 1.54) is 23.1 Å². The van der Waals surface area contributed by atoms with Crippen molar-refractivity contribution >= 4 is 64.7 Å². The van der Waals surface area contributed by atoms with Crippen LogP contribution in [-0.4, -0.2) is 161 Å². The third-order valence-corrected chi connectivity index (χ3v) is 14.4. The van der Waals surface area contributed by atoms with Crippen molar-refractivity contribution in [2.45, 2.75) is 116 Å². The molecule has 82 heavy (non-hydrogen) atoms. The molecule has 6 rings (SSSR count). The van der Waals surface area contributed by atoms with Gasteiger partial charge in [-0.1, -0.05) is 45.0 Å². The van der Waals surface area contributed by atoms with Crippen LogP contribution >= 0.6 is 0 Å². The minimum atomic E-state index is -1.12. The third-order valence-electron chi connectivity index (χ3n) is 14.4. The molecular weight excluding hydrogens is 1060 g/mol. The van der Waals surface area contributed by atoms with Gasteiger partial charge < -0.3 is 54.0 Å². The largest absolute Gasteiger partial charge is 0.493 e. The number of amides is 8. The monoisotopic (exact) mass is 1140 g/mol. The van der Waals surface area contributed by atoms with E-state index >= 15 is 0 Å². The Morgan fingerprint density at radius 3 is 2.09 bits per heavy atom. The molecule has 0 unspecified atom stereocenters. The number of hydrogen-bond donors (Lipinski definition) is 4. The number of esters is 1. The van der Waals surface area contributed by atoms with Gasteiger partial charge in [0, 0.05) is 63.2 Å². The first kappa shape index (κ1) is 63.4. The Morgan fingerprint density at radius 2 is 1.40 bits per heavy atom. The topological polar surface area (TPSA) is 290 Å². The smallest absolute Gasteiger partial charge is 0.329 e. The highest BCUT2D eigenvalue weighted by Gasteiger charge is 2.46. The maximum Gasteiger partial charge on any atom is 0.329 e. The number of benzene rings is 3. The summed E-state index contributed by atoms with van der Waals surface area (Å²) in [6.07, 6.45) is 3.10. The summed E-state index contributed by atoms with van der Waals surface area (Å²) in [5.41, 5.74) is 1.06. The first-order chi connectivity index (χ1) is 39.5. The molecule has 8 amide bonds. The molecule has 23 nitrogen and oxygen atoms in total. The molecule has 2 fully saturated rings.